The van der Waals surface area contributed by atoms with Gasteiger partial charge in [0.2, 0.25) is 10.0 Å². The van der Waals surface area contributed by atoms with E-state index < -0.39 is 10.0 Å². The molecular formula is C15H26N2O2S2. The summed E-state index contributed by atoms with van der Waals surface area (Å²) in [6, 6.07) is 2.43. The van der Waals surface area contributed by atoms with Crippen LogP contribution in [0.25, 0.3) is 0 Å². The van der Waals surface area contributed by atoms with Crippen LogP contribution in [0.3, 0.4) is 0 Å². The zero-order chi connectivity index (χ0) is 15.5. The summed E-state index contributed by atoms with van der Waals surface area (Å²) in [7, 11) is -3.36. The molecule has 0 aromatic carbocycles. The highest BCUT2D eigenvalue weighted by molar-refractivity contribution is 7.91. The lowest BCUT2D eigenvalue weighted by molar-refractivity contribution is 0.479. The van der Waals surface area contributed by atoms with Gasteiger partial charge in [-0.1, -0.05) is 26.7 Å². The Labute approximate surface area is 132 Å². The molecule has 120 valence electrons. The van der Waals surface area contributed by atoms with Gasteiger partial charge in [0.05, 0.1) is 0 Å². The van der Waals surface area contributed by atoms with Crippen molar-refractivity contribution in [3.8, 4) is 0 Å². The minimum atomic E-state index is -3.36. The fourth-order valence-electron chi connectivity index (χ4n) is 2.20. The molecule has 0 unspecified atom stereocenters. The van der Waals surface area contributed by atoms with Gasteiger partial charge in [0, 0.05) is 24.0 Å². The first-order valence-corrected chi connectivity index (χ1v) is 10.1. The third-order valence-electron chi connectivity index (χ3n) is 4.11. The summed E-state index contributed by atoms with van der Waals surface area (Å²) < 4.78 is 27.9. The van der Waals surface area contributed by atoms with Crippen LogP contribution in [0.2, 0.25) is 0 Å². The van der Waals surface area contributed by atoms with Gasteiger partial charge in [-0.05, 0) is 37.3 Å². The molecule has 1 aliphatic carbocycles. The van der Waals surface area contributed by atoms with Crippen LogP contribution in [0, 0.1) is 12.8 Å². The van der Waals surface area contributed by atoms with Crippen molar-refractivity contribution in [1.29, 1.82) is 0 Å². The Morgan fingerprint density at radius 2 is 2.00 bits per heavy atom. The van der Waals surface area contributed by atoms with Gasteiger partial charge in [-0.15, -0.1) is 11.3 Å². The Hall–Kier alpha value is -0.430. The van der Waals surface area contributed by atoms with Gasteiger partial charge in [0.25, 0.3) is 0 Å². The lowest BCUT2D eigenvalue weighted by atomic mass is 10.0. The van der Waals surface area contributed by atoms with Crippen molar-refractivity contribution in [2.75, 3.05) is 6.54 Å². The van der Waals surface area contributed by atoms with Gasteiger partial charge < -0.3 is 5.32 Å². The van der Waals surface area contributed by atoms with Crippen molar-refractivity contribution in [2.24, 2.45) is 5.92 Å². The standard InChI is InChI=1S/C15H26N2O2S2/c1-4-12(5-2)9-17-21(18,19)15-8-11(3)14(20-15)10-16-13-6-7-13/h8,12-13,16-17H,4-7,9-10H2,1-3H3. The smallest absolute Gasteiger partial charge is 0.250 e. The van der Waals surface area contributed by atoms with Crippen molar-refractivity contribution < 1.29 is 8.42 Å². The van der Waals surface area contributed by atoms with Gasteiger partial charge in [-0.25, -0.2) is 13.1 Å². The summed E-state index contributed by atoms with van der Waals surface area (Å²) in [5.74, 6) is 0.414. The third-order valence-corrected chi connectivity index (χ3v) is 7.24. The monoisotopic (exact) mass is 330 g/mol. The second-order valence-electron chi connectivity index (χ2n) is 5.86. The molecule has 0 amide bonds. The molecule has 0 radical (unpaired) electrons. The van der Waals surface area contributed by atoms with E-state index in [9.17, 15) is 8.42 Å². The molecule has 0 aliphatic heterocycles. The number of rotatable bonds is 9. The average molecular weight is 331 g/mol. The van der Waals surface area contributed by atoms with Gasteiger partial charge in [-0.3, -0.25) is 0 Å². The Bertz CT molecular complexity index is 558. The van der Waals surface area contributed by atoms with Crippen molar-refractivity contribution in [2.45, 2.75) is 63.3 Å². The Morgan fingerprint density at radius 3 is 2.57 bits per heavy atom. The Morgan fingerprint density at radius 1 is 1.33 bits per heavy atom. The molecule has 2 N–H and O–H groups in total. The summed E-state index contributed by atoms with van der Waals surface area (Å²) in [4.78, 5) is 1.13. The zero-order valence-electron chi connectivity index (χ0n) is 13.1. The molecule has 2 rings (SSSR count). The van der Waals surface area contributed by atoms with Crippen molar-refractivity contribution in [3.05, 3.63) is 16.5 Å². The molecule has 0 spiro atoms. The molecule has 1 fully saturated rings. The summed E-state index contributed by atoms with van der Waals surface area (Å²) >= 11 is 1.39. The van der Waals surface area contributed by atoms with E-state index in [1.807, 2.05) is 6.92 Å². The number of hydrogen-bond donors (Lipinski definition) is 2. The van der Waals surface area contributed by atoms with Crippen molar-refractivity contribution in [3.63, 3.8) is 0 Å². The fourth-order valence-corrected chi connectivity index (χ4v) is 4.90. The maximum atomic E-state index is 12.4. The topological polar surface area (TPSA) is 58.2 Å². The second-order valence-corrected chi connectivity index (χ2v) is 8.99. The Balaban J connectivity index is 1.99. The molecule has 4 nitrogen and oxygen atoms in total. The summed E-state index contributed by atoms with van der Waals surface area (Å²) in [5, 5.41) is 3.44. The largest absolute Gasteiger partial charge is 0.309 e. The molecule has 6 heteroatoms. The van der Waals surface area contributed by atoms with E-state index in [1.54, 1.807) is 6.07 Å². The van der Waals surface area contributed by atoms with Crippen LogP contribution in [-0.2, 0) is 16.6 Å². The van der Waals surface area contributed by atoms with Gasteiger partial charge in [-0.2, -0.15) is 0 Å². The van der Waals surface area contributed by atoms with Crippen LogP contribution in [0.15, 0.2) is 10.3 Å². The van der Waals surface area contributed by atoms with E-state index in [0.717, 1.165) is 29.8 Å². The molecule has 0 atom stereocenters. The van der Waals surface area contributed by atoms with Crippen LogP contribution in [0.5, 0.6) is 0 Å². The van der Waals surface area contributed by atoms with Gasteiger partial charge in [0.1, 0.15) is 4.21 Å². The van der Waals surface area contributed by atoms with Crippen LogP contribution in [0.1, 0.15) is 50.0 Å². The molecule has 1 heterocycles. The quantitative estimate of drug-likeness (QED) is 0.732. The van der Waals surface area contributed by atoms with E-state index in [1.165, 1.54) is 24.2 Å². The van der Waals surface area contributed by atoms with E-state index in [0.29, 0.717) is 22.7 Å². The highest BCUT2D eigenvalue weighted by Gasteiger charge is 2.23. The van der Waals surface area contributed by atoms with Crippen molar-refractivity contribution in [1.82, 2.24) is 10.0 Å². The maximum absolute atomic E-state index is 12.4. The average Bonchev–Trinajstić information content (AvgIpc) is 3.20. The molecular weight excluding hydrogens is 304 g/mol. The van der Waals surface area contributed by atoms with Crippen LogP contribution < -0.4 is 10.0 Å². The first kappa shape index (κ1) is 16.9. The number of nitrogens with one attached hydrogen (secondary N) is 2. The van der Waals surface area contributed by atoms with Gasteiger partial charge >= 0.3 is 0 Å². The highest BCUT2D eigenvalue weighted by atomic mass is 32.2. The fraction of sp³-hybridized carbons (Fsp3) is 0.733. The minimum absolute atomic E-state index is 0.414. The Kier molecular flexibility index (Phi) is 5.82. The number of thiophene rings is 1. The van der Waals surface area contributed by atoms with E-state index >= 15 is 0 Å². The molecule has 0 bridgehead atoms. The maximum Gasteiger partial charge on any atom is 0.250 e. The van der Waals surface area contributed by atoms with E-state index in [4.69, 9.17) is 0 Å². The van der Waals surface area contributed by atoms with Crippen molar-refractivity contribution >= 4 is 21.4 Å². The number of hydrogen-bond acceptors (Lipinski definition) is 4. The van der Waals surface area contributed by atoms with E-state index in [2.05, 4.69) is 23.9 Å². The lowest BCUT2D eigenvalue weighted by Crippen LogP contribution is -2.28. The molecule has 0 saturated heterocycles. The molecule has 21 heavy (non-hydrogen) atoms. The van der Waals surface area contributed by atoms with Crippen LogP contribution in [0.4, 0.5) is 0 Å². The first-order valence-electron chi connectivity index (χ1n) is 7.78. The normalized spacial score (nSPS) is 15.8. The second kappa shape index (κ2) is 7.22. The molecule has 1 aromatic rings. The predicted molar refractivity (Wildman–Crippen MR) is 88.2 cm³/mol. The summed E-state index contributed by atoms with van der Waals surface area (Å²) in [5.41, 5.74) is 1.07. The van der Waals surface area contributed by atoms with Crippen LogP contribution >= 0.6 is 11.3 Å². The van der Waals surface area contributed by atoms with Gasteiger partial charge in [0.15, 0.2) is 0 Å². The highest BCUT2D eigenvalue weighted by Crippen LogP contribution is 2.27. The first-order chi connectivity index (χ1) is 9.96. The SMILES string of the molecule is CCC(CC)CNS(=O)(=O)c1cc(C)c(CNC2CC2)s1. The minimum Gasteiger partial charge on any atom is -0.309 e. The summed E-state index contributed by atoms with van der Waals surface area (Å²) in [6.45, 7) is 7.49. The summed E-state index contributed by atoms with van der Waals surface area (Å²) in [6.07, 6.45) is 4.48. The molecule has 1 saturated carbocycles. The third kappa shape index (κ3) is 4.77. The molecule has 1 aliphatic rings. The number of aryl methyl sites for hydroxylation is 1. The molecule has 1 aromatic heterocycles. The predicted octanol–water partition coefficient (Wildman–Crippen LogP) is 3.02. The number of sulfonamides is 1. The van der Waals surface area contributed by atoms with Crippen LogP contribution in [-0.4, -0.2) is 21.0 Å². The zero-order valence-corrected chi connectivity index (χ0v) is 14.7. The lowest BCUT2D eigenvalue weighted by Gasteiger charge is -2.12. The van der Waals surface area contributed by atoms with E-state index in [-0.39, 0.29) is 0 Å².